The first-order valence-electron chi connectivity index (χ1n) is 7.56. The molecule has 118 valence electrons. The molecule has 1 aliphatic rings. The van der Waals surface area contributed by atoms with Gasteiger partial charge in [0.1, 0.15) is 0 Å². The summed E-state index contributed by atoms with van der Waals surface area (Å²) < 4.78 is 5.03. The first-order chi connectivity index (χ1) is 9.36. The molecule has 0 atom stereocenters. The van der Waals surface area contributed by atoms with Gasteiger partial charge in [-0.3, -0.25) is 4.99 Å². The molecule has 0 aliphatic heterocycles. The highest BCUT2D eigenvalue weighted by atomic mass is 127. The number of guanidine groups is 1. The Morgan fingerprint density at radius 3 is 2.85 bits per heavy atom. The van der Waals surface area contributed by atoms with E-state index in [4.69, 9.17) is 4.74 Å². The van der Waals surface area contributed by atoms with Gasteiger partial charge in [-0.1, -0.05) is 11.6 Å². The maximum absolute atomic E-state index is 5.03. The van der Waals surface area contributed by atoms with Crippen LogP contribution in [0.2, 0.25) is 0 Å². The quantitative estimate of drug-likeness (QED) is 0.218. The number of nitrogens with zero attached hydrogens (tertiary/aromatic N) is 1. The van der Waals surface area contributed by atoms with Gasteiger partial charge < -0.3 is 15.4 Å². The zero-order valence-electron chi connectivity index (χ0n) is 12.9. The predicted molar refractivity (Wildman–Crippen MR) is 97.1 cm³/mol. The van der Waals surface area contributed by atoms with Gasteiger partial charge in [0.05, 0.1) is 0 Å². The number of rotatable bonds is 8. The van der Waals surface area contributed by atoms with Crippen molar-refractivity contribution in [2.75, 3.05) is 33.4 Å². The van der Waals surface area contributed by atoms with Crippen molar-refractivity contribution in [1.82, 2.24) is 10.6 Å². The number of nitrogens with one attached hydrogen (secondary N) is 2. The maximum atomic E-state index is 5.03. The molecule has 0 spiro atoms. The van der Waals surface area contributed by atoms with E-state index in [1.54, 1.807) is 12.7 Å². The summed E-state index contributed by atoms with van der Waals surface area (Å²) in [5, 5.41) is 6.68. The number of aliphatic imine (C=N–C) groups is 1. The van der Waals surface area contributed by atoms with Crippen LogP contribution in [0.15, 0.2) is 16.6 Å². The summed E-state index contributed by atoms with van der Waals surface area (Å²) in [6.07, 6.45) is 9.79. The first kappa shape index (κ1) is 19.7. The fourth-order valence-corrected chi connectivity index (χ4v) is 2.21. The van der Waals surface area contributed by atoms with Crippen LogP contribution in [0.5, 0.6) is 0 Å². The standard InChI is InChI=1S/C15H29N3O.HI/c1-3-16-15(17-11-7-13-19-2)18-12-10-14-8-5-4-6-9-14;/h8H,3-7,9-13H2,1-2H3,(H2,16,17,18);1H. The van der Waals surface area contributed by atoms with Gasteiger partial charge in [-0.05, 0) is 45.4 Å². The summed E-state index contributed by atoms with van der Waals surface area (Å²) in [4.78, 5) is 4.53. The van der Waals surface area contributed by atoms with Crippen molar-refractivity contribution in [1.29, 1.82) is 0 Å². The Hall–Kier alpha value is -0.300. The van der Waals surface area contributed by atoms with Crippen LogP contribution in [-0.4, -0.2) is 39.3 Å². The molecule has 5 heteroatoms. The van der Waals surface area contributed by atoms with Crippen LogP contribution < -0.4 is 10.6 Å². The lowest BCUT2D eigenvalue weighted by Crippen LogP contribution is -2.38. The van der Waals surface area contributed by atoms with Crippen LogP contribution in [-0.2, 0) is 4.74 Å². The summed E-state index contributed by atoms with van der Waals surface area (Å²) in [7, 11) is 1.73. The van der Waals surface area contributed by atoms with Crippen LogP contribution in [0, 0.1) is 0 Å². The van der Waals surface area contributed by atoms with Crippen molar-refractivity contribution in [3.63, 3.8) is 0 Å². The minimum Gasteiger partial charge on any atom is -0.385 e. The third kappa shape index (κ3) is 9.58. The lowest BCUT2D eigenvalue weighted by molar-refractivity contribution is 0.197. The van der Waals surface area contributed by atoms with Crippen molar-refractivity contribution in [3.8, 4) is 0 Å². The molecule has 0 unspecified atom stereocenters. The fourth-order valence-electron chi connectivity index (χ4n) is 2.21. The molecule has 1 rings (SSSR count). The molecule has 0 saturated heterocycles. The SMILES string of the molecule is CCNC(=NCCCOC)NCCC1=CCCCC1.I. The van der Waals surface area contributed by atoms with E-state index in [1.165, 1.54) is 25.7 Å². The number of methoxy groups -OCH3 is 1. The van der Waals surface area contributed by atoms with Gasteiger partial charge in [0.25, 0.3) is 0 Å². The molecule has 0 bridgehead atoms. The summed E-state index contributed by atoms with van der Waals surface area (Å²) in [6, 6.07) is 0. The highest BCUT2D eigenvalue weighted by molar-refractivity contribution is 14.0. The second-order valence-corrected chi connectivity index (χ2v) is 4.89. The van der Waals surface area contributed by atoms with E-state index >= 15 is 0 Å². The van der Waals surface area contributed by atoms with E-state index in [1.807, 2.05) is 0 Å². The van der Waals surface area contributed by atoms with E-state index in [-0.39, 0.29) is 24.0 Å². The zero-order valence-corrected chi connectivity index (χ0v) is 15.2. The summed E-state index contributed by atoms with van der Waals surface area (Å²) in [5.74, 6) is 0.926. The van der Waals surface area contributed by atoms with Crippen LogP contribution in [0.25, 0.3) is 0 Å². The second kappa shape index (κ2) is 13.7. The molecule has 0 aromatic carbocycles. The monoisotopic (exact) mass is 395 g/mol. The van der Waals surface area contributed by atoms with Crippen molar-refractivity contribution in [3.05, 3.63) is 11.6 Å². The maximum Gasteiger partial charge on any atom is 0.191 e. The number of hydrogen-bond acceptors (Lipinski definition) is 2. The smallest absolute Gasteiger partial charge is 0.191 e. The highest BCUT2D eigenvalue weighted by Crippen LogP contribution is 2.19. The topological polar surface area (TPSA) is 45.7 Å². The Bertz CT molecular complexity index is 293. The van der Waals surface area contributed by atoms with Gasteiger partial charge in [-0.2, -0.15) is 0 Å². The zero-order chi connectivity index (χ0) is 13.8. The van der Waals surface area contributed by atoms with Crippen molar-refractivity contribution < 1.29 is 4.74 Å². The van der Waals surface area contributed by atoms with Crippen LogP contribution in [0.3, 0.4) is 0 Å². The summed E-state index contributed by atoms with van der Waals surface area (Å²) in [5.41, 5.74) is 1.61. The van der Waals surface area contributed by atoms with Gasteiger partial charge in [0.15, 0.2) is 5.96 Å². The molecule has 0 radical (unpaired) electrons. The van der Waals surface area contributed by atoms with Gasteiger partial charge >= 0.3 is 0 Å². The van der Waals surface area contributed by atoms with Gasteiger partial charge in [0.2, 0.25) is 0 Å². The Morgan fingerprint density at radius 1 is 1.35 bits per heavy atom. The van der Waals surface area contributed by atoms with Crippen LogP contribution >= 0.6 is 24.0 Å². The molecule has 2 N–H and O–H groups in total. The Kier molecular flexibility index (Phi) is 13.5. The largest absolute Gasteiger partial charge is 0.385 e. The molecule has 0 heterocycles. The number of allylic oxidation sites excluding steroid dienone is 1. The normalized spacial score (nSPS) is 15.3. The third-order valence-electron chi connectivity index (χ3n) is 3.24. The number of ether oxygens (including phenoxy) is 1. The Labute approximate surface area is 140 Å². The van der Waals surface area contributed by atoms with Crippen LogP contribution in [0.1, 0.15) is 45.4 Å². The van der Waals surface area contributed by atoms with Gasteiger partial charge in [-0.15, -0.1) is 24.0 Å². The van der Waals surface area contributed by atoms with Gasteiger partial charge in [-0.25, -0.2) is 0 Å². The lowest BCUT2D eigenvalue weighted by atomic mass is 9.97. The van der Waals surface area contributed by atoms with E-state index < -0.39 is 0 Å². The first-order valence-corrected chi connectivity index (χ1v) is 7.56. The minimum absolute atomic E-state index is 0. The second-order valence-electron chi connectivity index (χ2n) is 4.89. The van der Waals surface area contributed by atoms with Crippen molar-refractivity contribution in [2.24, 2.45) is 4.99 Å². The molecule has 1 aliphatic carbocycles. The summed E-state index contributed by atoms with van der Waals surface area (Å²) in [6.45, 7) is 5.55. The molecular weight excluding hydrogens is 365 g/mol. The van der Waals surface area contributed by atoms with E-state index in [9.17, 15) is 0 Å². The number of hydrogen-bond donors (Lipinski definition) is 2. The predicted octanol–water partition coefficient (Wildman–Crippen LogP) is 3.09. The fraction of sp³-hybridized carbons (Fsp3) is 0.800. The van der Waals surface area contributed by atoms with Gasteiger partial charge in [0, 0.05) is 33.4 Å². The average molecular weight is 395 g/mol. The molecular formula is C15H30IN3O. The molecule has 0 fully saturated rings. The lowest BCUT2D eigenvalue weighted by Gasteiger charge is -2.15. The molecule has 0 saturated carbocycles. The van der Waals surface area contributed by atoms with E-state index in [0.29, 0.717) is 0 Å². The number of halogens is 1. The molecule has 0 aromatic heterocycles. The van der Waals surface area contributed by atoms with Crippen molar-refractivity contribution >= 4 is 29.9 Å². The highest BCUT2D eigenvalue weighted by Gasteiger charge is 2.03. The Balaban J connectivity index is 0.00000361. The van der Waals surface area contributed by atoms with Crippen LogP contribution in [0.4, 0.5) is 0 Å². The summed E-state index contributed by atoms with van der Waals surface area (Å²) >= 11 is 0. The molecule has 0 amide bonds. The third-order valence-corrected chi connectivity index (χ3v) is 3.24. The average Bonchev–Trinajstić information content (AvgIpc) is 2.44. The molecule has 20 heavy (non-hydrogen) atoms. The van der Waals surface area contributed by atoms with E-state index in [0.717, 1.165) is 45.0 Å². The molecule has 4 nitrogen and oxygen atoms in total. The Morgan fingerprint density at radius 2 is 2.20 bits per heavy atom. The minimum atomic E-state index is 0. The van der Waals surface area contributed by atoms with Crippen molar-refractivity contribution in [2.45, 2.75) is 45.4 Å². The molecule has 0 aromatic rings. The van der Waals surface area contributed by atoms with E-state index in [2.05, 4.69) is 28.6 Å².